The van der Waals surface area contributed by atoms with Crippen molar-refractivity contribution in [3.63, 3.8) is 0 Å². The van der Waals surface area contributed by atoms with Gasteiger partial charge in [-0.25, -0.2) is 9.37 Å². The maximum absolute atomic E-state index is 13.7. The number of nitrogens with zero attached hydrogens (tertiary/aromatic N) is 1. The van der Waals surface area contributed by atoms with Gasteiger partial charge in [-0.2, -0.15) is 0 Å². The highest BCUT2D eigenvalue weighted by Gasteiger charge is 2.14. The van der Waals surface area contributed by atoms with E-state index >= 15 is 0 Å². The summed E-state index contributed by atoms with van der Waals surface area (Å²) >= 11 is 0. The Kier molecular flexibility index (Phi) is 4.70. The van der Waals surface area contributed by atoms with Crippen LogP contribution in [0, 0.1) is 5.82 Å². The number of carbonyl (C=O) groups is 1. The van der Waals surface area contributed by atoms with Crippen molar-refractivity contribution in [2.24, 2.45) is 0 Å². The number of aromatic nitrogens is 2. The van der Waals surface area contributed by atoms with Gasteiger partial charge >= 0.3 is 0 Å². The number of nitrogens with one attached hydrogen (secondary N) is 3. The topological polar surface area (TPSA) is 69.8 Å². The zero-order chi connectivity index (χ0) is 14.4. The molecule has 1 aromatic carbocycles. The molecule has 1 amide bonds. The van der Waals surface area contributed by atoms with Gasteiger partial charge in [-0.15, -0.1) is 0 Å². The second-order valence-corrected chi connectivity index (χ2v) is 4.28. The molecule has 0 aliphatic heterocycles. The number of amides is 1. The molecule has 0 aliphatic rings. The number of para-hydroxylation sites is 1. The van der Waals surface area contributed by atoms with Crippen LogP contribution in [0.2, 0.25) is 0 Å². The van der Waals surface area contributed by atoms with E-state index < -0.39 is 5.82 Å². The van der Waals surface area contributed by atoms with Gasteiger partial charge in [0, 0.05) is 31.4 Å². The Balaban J connectivity index is 1.99. The van der Waals surface area contributed by atoms with Gasteiger partial charge < -0.3 is 15.6 Å². The van der Waals surface area contributed by atoms with E-state index in [4.69, 9.17) is 0 Å². The van der Waals surface area contributed by atoms with E-state index in [1.165, 1.54) is 12.1 Å². The molecule has 0 saturated heterocycles. The normalized spacial score (nSPS) is 10.3. The molecule has 0 spiro atoms. The molecular formula is C14H17FN4O. The summed E-state index contributed by atoms with van der Waals surface area (Å²) in [5, 5.41) is 5.65. The summed E-state index contributed by atoms with van der Waals surface area (Å²) in [7, 11) is 0. The third-order valence-electron chi connectivity index (χ3n) is 2.85. The Morgan fingerprint density at radius 3 is 3.00 bits per heavy atom. The highest BCUT2D eigenvalue weighted by atomic mass is 19.1. The van der Waals surface area contributed by atoms with Crippen molar-refractivity contribution in [2.45, 2.75) is 13.3 Å². The lowest BCUT2D eigenvalue weighted by Crippen LogP contribution is -2.27. The van der Waals surface area contributed by atoms with E-state index in [0.717, 1.165) is 5.69 Å². The molecule has 1 heterocycles. The predicted octanol–water partition coefficient (Wildman–Crippen LogP) is 1.95. The lowest BCUT2D eigenvalue weighted by molar-refractivity contribution is 0.0954. The summed E-state index contributed by atoms with van der Waals surface area (Å²) in [4.78, 5) is 18.9. The number of imidazole rings is 1. The number of halogens is 1. The SMILES string of the molecule is CCNc1c(F)cccc1C(=O)NCCc1cnc[nH]1. The molecule has 3 N–H and O–H groups in total. The number of hydrogen-bond donors (Lipinski definition) is 3. The van der Waals surface area contributed by atoms with E-state index in [0.29, 0.717) is 25.1 Å². The van der Waals surface area contributed by atoms with Crippen molar-refractivity contribution in [1.29, 1.82) is 0 Å². The third-order valence-corrected chi connectivity index (χ3v) is 2.85. The summed E-state index contributed by atoms with van der Waals surface area (Å²) in [5.41, 5.74) is 1.50. The van der Waals surface area contributed by atoms with Gasteiger partial charge in [0.15, 0.2) is 0 Å². The summed E-state index contributed by atoms with van der Waals surface area (Å²) in [6, 6.07) is 4.46. The minimum atomic E-state index is -0.423. The van der Waals surface area contributed by atoms with E-state index in [-0.39, 0.29) is 11.6 Å². The van der Waals surface area contributed by atoms with Gasteiger partial charge in [-0.05, 0) is 19.1 Å². The monoisotopic (exact) mass is 276 g/mol. The van der Waals surface area contributed by atoms with Gasteiger partial charge in [-0.1, -0.05) is 6.07 Å². The van der Waals surface area contributed by atoms with Gasteiger partial charge in [-0.3, -0.25) is 4.79 Å². The zero-order valence-electron chi connectivity index (χ0n) is 11.2. The number of aromatic amines is 1. The van der Waals surface area contributed by atoms with Gasteiger partial charge in [0.25, 0.3) is 5.91 Å². The van der Waals surface area contributed by atoms with E-state index in [1.54, 1.807) is 18.6 Å². The molecule has 1 aromatic heterocycles. The lowest BCUT2D eigenvalue weighted by atomic mass is 10.1. The predicted molar refractivity (Wildman–Crippen MR) is 75.2 cm³/mol. The van der Waals surface area contributed by atoms with Crippen molar-refractivity contribution in [3.05, 3.63) is 47.8 Å². The minimum Gasteiger partial charge on any atom is -0.382 e. The first-order chi connectivity index (χ1) is 9.72. The molecule has 0 fully saturated rings. The standard InChI is InChI=1S/C14H17FN4O/c1-2-17-13-11(4-3-5-12(13)15)14(20)18-7-6-10-8-16-9-19-10/h3-5,8-9,17H,2,6-7H2,1H3,(H,16,19)(H,18,20). The van der Waals surface area contributed by atoms with Crippen LogP contribution in [-0.4, -0.2) is 29.0 Å². The second-order valence-electron chi connectivity index (χ2n) is 4.28. The molecule has 0 radical (unpaired) electrons. The van der Waals surface area contributed by atoms with Crippen LogP contribution in [0.4, 0.5) is 10.1 Å². The summed E-state index contributed by atoms with van der Waals surface area (Å²) in [6.07, 6.45) is 3.95. The number of H-pyrrole nitrogens is 1. The highest BCUT2D eigenvalue weighted by Crippen LogP contribution is 2.19. The van der Waals surface area contributed by atoms with Crippen molar-refractivity contribution in [2.75, 3.05) is 18.4 Å². The molecule has 0 atom stereocenters. The van der Waals surface area contributed by atoms with Crippen LogP contribution >= 0.6 is 0 Å². The highest BCUT2D eigenvalue weighted by molar-refractivity contribution is 5.99. The second kappa shape index (κ2) is 6.70. The molecule has 2 aromatic rings. The molecule has 2 rings (SSSR count). The van der Waals surface area contributed by atoms with Crippen LogP contribution in [0.25, 0.3) is 0 Å². The molecule has 0 bridgehead atoms. The molecule has 0 unspecified atom stereocenters. The molecule has 20 heavy (non-hydrogen) atoms. The maximum atomic E-state index is 13.7. The average molecular weight is 276 g/mol. The van der Waals surface area contributed by atoms with Crippen LogP contribution in [0.5, 0.6) is 0 Å². The smallest absolute Gasteiger partial charge is 0.253 e. The fourth-order valence-corrected chi connectivity index (χ4v) is 1.90. The Bertz CT molecular complexity index is 569. The first-order valence-corrected chi connectivity index (χ1v) is 6.50. The lowest BCUT2D eigenvalue weighted by Gasteiger charge is -2.11. The first-order valence-electron chi connectivity index (χ1n) is 6.50. The quantitative estimate of drug-likeness (QED) is 0.755. The fourth-order valence-electron chi connectivity index (χ4n) is 1.90. The molecular weight excluding hydrogens is 259 g/mol. The van der Waals surface area contributed by atoms with E-state index in [1.807, 2.05) is 6.92 Å². The zero-order valence-corrected chi connectivity index (χ0v) is 11.2. The third kappa shape index (κ3) is 3.34. The van der Waals surface area contributed by atoms with Crippen LogP contribution in [0.1, 0.15) is 23.0 Å². The summed E-state index contributed by atoms with van der Waals surface area (Å²) < 4.78 is 13.7. The molecule has 0 saturated carbocycles. The van der Waals surface area contributed by atoms with Crippen molar-refractivity contribution >= 4 is 11.6 Å². The Morgan fingerprint density at radius 2 is 2.30 bits per heavy atom. The van der Waals surface area contributed by atoms with Crippen LogP contribution in [0.15, 0.2) is 30.7 Å². The molecule has 5 nitrogen and oxygen atoms in total. The Hall–Kier alpha value is -2.37. The number of rotatable bonds is 6. The Morgan fingerprint density at radius 1 is 1.45 bits per heavy atom. The first kappa shape index (κ1) is 14.0. The van der Waals surface area contributed by atoms with Gasteiger partial charge in [0.05, 0.1) is 17.6 Å². The minimum absolute atomic E-state index is 0.244. The van der Waals surface area contributed by atoms with Gasteiger partial charge in [0.2, 0.25) is 0 Å². The Labute approximate surface area is 116 Å². The maximum Gasteiger partial charge on any atom is 0.253 e. The summed E-state index contributed by atoms with van der Waals surface area (Å²) in [5.74, 6) is -0.715. The number of carbonyl (C=O) groups excluding carboxylic acids is 1. The number of benzene rings is 1. The van der Waals surface area contributed by atoms with Crippen LogP contribution in [0.3, 0.4) is 0 Å². The average Bonchev–Trinajstić information content (AvgIpc) is 2.94. The van der Waals surface area contributed by atoms with Crippen LogP contribution in [-0.2, 0) is 6.42 Å². The van der Waals surface area contributed by atoms with Gasteiger partial charge in [0.1, 0.15) is 5.82 Å². The van der Waals surface area contributed by atoms with E-state index in [9.17, 15) is 9.18 Å². The largest absolute Gasteiger partial charge is 0.382 e. The molecule has 6 heteroatoms. The van der Waals surface area contributed by atoms with Crippen LogP contribution < -0.4 is 10.6 Å². The number of anilines is 1. The van der Waals surface area contributed by atoms with E-state index in [2.05, 4.69) is 20.6 Å². The molecule has 106 valence electrons. The van der Waals surface area contributed by atoms with Crippen molar-refractivity contribution in [1.82, 2.24) is 15.3 Å². The fraction of sp³-hybridized carbons (Fsp3) is 0.286. The summed E-state index contributed by atoms with van der Waals surface area (Å²) in [6.45, 7) is 2.87. The van der Waals surface area contributed by atoms with Crippen molar-refractivity contribution in [3.8, 4) is 0 Å². The van der Waals surface area contributed by atoms with Crippen molar-refractivity contribution < 1.29 is 9.18 Å². The number of hydrogen-bond acceptors (Lipinski definition) is 3. The molecule has 0 aliphatic carbocycles.